The predicted molar refractivity (Wildman–Crippen MR) is 261 cm³/mol. The molecule has 12 aliphatic rings. The molecule has 0 aromatic heterocycles. The molecule has 0 saturated heterocycles. The van der Waals surface area contributed by atoms with Crippen molar-refractivity contribution in [2.75, 3.05) is 4.90 Å². The van der Waals surface area contributed by atoms with Gasteiger partial charge < -0.3 is 4.90 Å². The molecular formula is C61H55N3. The van der Waals surface area contributed by atoms with Crippen molar-refractivity contribution < 1.29 is 0 Å². The first-order valence-corrected chi connectivity index (χ1v) is 24.5. The topological polar surface area (TPSA) is 39.4 Å². The van der Waals surface area contributed by atoms with Gasteiger partial charge in [0.1, 0.15) is 0 Å². The van der Waals surface area contributed by atoms with Crippen molar-refractivity contribution in [2.45, 2.75) is 69.4 Å². The number of hydrogen-bond acceptors (Lipinski definition) is 3. The van der Waals surface area contributed by atoms with Crippen LogP contribution in [0.4, 0.5) is 11.4 Å². The summed E-state index contributed by atoms with van der Waals surface area (Å²) < 4.78 is 0. The monoisotopic (exact) mass is 829 g/mol. The molecule has 2 aromatic rings. The fraction of sp³-hybridized carbons (Fsp3) is 0.344. The molecule has 314 valence electrons. The number of para-hydroxylation sites is 1. The number of benzene rings is 2. The molecule has 10 aliphatic carbocycles. The largest absolute Gasteiger partial charge is 0.333 e. The molecule has 14 rings (SSSR count). The fourth-order valence-electron chi connectivity index (χ4n) is 15.0. The maximum Gasteiger partial charge on any atom is 0.0786 e. The molecular weight excluding hydrogens is 775 g/mol. The van der Waals surface area contributed by atoms with Crippen LogP contribution in [0.5, 0.6) is 0 Å². The minimum absolute atomic E-state index is 0.00619. The van der Waals surface area contributed by atoms with Crippen LogP contribution in [-0.2, 0) is 0 Å². The number of anilines is 2. The van der Waals surface area contributed by atoms with Gasteiger partial charge in [0, 0.05) is 58.5 Å². The second kappa shape index (κ2) is 14.3. The second-order valence-corrected chi connectivity index (χ2v) is 20.9. The number of nitriles is 1. The van der Waals surface area contributed by atoms with E-state index in [1.807, 2.05) is 0 Å². The van der Waals surface area contributed by atoms with Crippen LogP contribution in [0.25, 0.3) is 5.57 Å². The van der Waals surface area contributed by atoms with Crippen LogP contribution in [0.3, 0.4) is 0 Å². The quantitative estimate of drug-likeness (QED) is 0.288. The summed E-state index contributed by atoms with van der Waals surface area (Å²) in [7, 11) is 0. The van der Waals surface area contributed by atoms with Crippen LogP contribution in [0.1, 0.15) is 74.0 Å². The third-order valence-corrected chi connectivity index (χ3v) is 18.0. The summed E-state index contributed by atoms with van der Waals surface area (Å²) >= 11 is 0. The summed E-state index contributed by atoms with van der Waals surface area (Å²) in [5.41, 5.74) is 19.5. The standard InChI is InChI=1S/C61H55N3/c1-35-42-25-23-40(30-51(42)52-32-41(24-27-48(52)58(35)38-10-3-2-4-11-38)64-56-16-7-5-12-45(56)46-13-6-8-17-57(46)64)43-28-29-50-59-47(43)14-9-15-49(59)60-54-33-53(54)44-26-22-39(31-55(44)63-61(50)60)37-20-18-36(34-62)19-21-37/h2-10,12-18,20-24,26-29,32,36,38-39,42,44-45,47,51,53-54,56,59-61H,11,19,25,30-31,33H2,1H3/t36?,38?,39?,42?,44?,45?,47?,51-,53?,54?,56?,59?,60?,61?/m1/s1. The molecule has 3 heteroatoms. The third-order valence-electron chi connectivity index (χ3n) is 18.0. The lowest BCUT2D eigenvalue weighted by Gasteiger charge is -2.43. The number of rotatable bonds is 4. The maximum atomic E-state index is 9.49. The average molecular weight is 830 g/mol. The fourth-order valence-corrected chi connectivity index (χ4v) is 15.0. The van der Waals surface area contributed by atoms with Crippen LogP contribution >= 0.6 is 0 Å². The van der Waals surface area contributed by atoms with Crippen LogP contribution in [-0.4, -0.2) is 17.8 Å². The van der Waals surface area contributed by atoms with Crippen molar-refractivity contribution in [1.82, 2.24) is 0 Å². The van der Waals surface area contributed by atoms with E-state index in [-0.39, 0.29) is 12.0 Å². The molecule has 2 aliphatic heterocycles. The first-order valence-electron chi connectivity index (χ1n) is 24.5. The molecule has 0 amide bonds. The van der Waals surface area contributed by atoms with Crippen molar-refractivity contribution in [1.29, 1.82) is 5.26 Å². The summed E-state index contributed by atoms with van der Waals surface area (Å²) in [5.74, 6) is 5.32. The van der Waals surface area contributed by atoms with Gasteiger partial charge in [-0.15, -0.1) is 0 Å². The highest BCUT2D eigenvalue weighted by Crippen LogP contribution is 2.65. The Balaban J connectivity index is 0.822. The van der Waals surface area contributed by atoms with Gasteiger partial charge in [0.25, 0.3) is 0 Å². The van der Waals surface area contributed by atoms with Crippen LogP contribution < -0.4 is 4.90 Å². The van der Waals surface area contributed by atoms with E-state index in [1.165, 1.54) is 40.2 Å². The maximum absolute atomic E-state index is 9.49. The second-order valence-electron chi connectivity index (χ2n) is 20.9. The summed E-state index contributed by atoms with van der Waals surface area (Å²) in [4.78, 5) is 8.50. The van der Waals surface area contributed by atoms with Crippen LogP contribution in [0.2, 0.25) is 0 Å². The highest BCUT2D eigenvalue weighted by molar-refractivity contribution is 5.92. The summed E-state index contributed by atoms with van der Waals surface area (Å²) in [6.07, 6.45) is 51.9. The number of fused-ring (bicyclic) bond motifs is 13. The van der Waals surface area contributed by atoms with Crippen molar-refractivity contribution in [2.24, 2.45) is 64.2 Å². The Morgan fingerprint density at radius 3 is 2.52 bits per heavy atom. The summed E-state index contributed by atoms with van der Waals surface area (Å²) in [5, 5.41) is 9.49. The normalized spacial score (nSPS) is 38.3. The van der Waals surface area contributed by atoms with E-state index in [1.54, 1.807) is 39.0 Å². The number of allylic oxidation sites excluding steroid dienone is 22. The van der Waals surface area contributed by atoms with Gasteiger partial charge >= 0.3 is 0 Å². The Morgan fingerprint density at radius 1 is 0.719 bits per heavy atom. The molecule has 13 unspecified atom stereocenters. The van der Waals surface area contributed by atoms with Crippen molar-refractivity contribution in [3.05, 3.63) is 208 Å². The minimum atomic E-state index is 0.00619. The molecule has 14 atom stereocenters. The SMILES string of the molecule is CC1=C(C2C=CC=CC2)c2ccc(N3c4ccccc4C4C=CC=CC43)cc2[C@@H]2CC(C3=CC=C4C5N=C6CC(C7=CCC(C#N)C=C7)C=CC6C6CC6C5C5=CC=CC3C45)=CCC12. The van der Waals surface area contributed by atoms with Crippen LogP contribution in [0.15, 0.2) is 196 Å². The lowest BCUT2D eigenvalue weighted by Crippen LogP contribution is -2.30. The van der Waals surface area contributed by atoms with Crippen molar-refractivity contribution >= 4 is 22.7 Å². The van der Waals surface area contributed by atoms with Gasteiger partial charge in [-0.2, -0.15) is 5.26 Å². The van der Waals surface area contributed by atoms with E-state index < -0.39 is 0 Å². The molecule has 2 heterocycles. The molecule has 0 spiro atoms. The van der Waals surface area contributed by atoms with Gasteiger partial charge in [0.15, 0.2) is 0 Å². The zero-order valence-corrected chi connectivity index (χ0v) is 36.7. The van der Waals surface area contributed by atoms with Crippen molar-refractivity contribution in [3.63, 3.8) is 0 Å². The van der Waals surface area contributed by atoms with Gasteiger partial charge in [-0.05, 0) is 132 Å². The van der Waals surface area contributed by atoms with Gasteiger partial charge in [-0.25, -0.2) is 0 Å². The number of hydrogen-bond donors (Lipinski definition) is 0. The Bertz CT molecular complexity index is 2910. The first-order chi connectivity index (χ1) is 31.6. The smallest absolute Gasteiger partial charge is 0.0786 e. The van der Waals surface area contributed by atoms with E-state index in [2.05, 4.69) is 176 Å². The molecule has 3 nitrogen and oxygen atoms in total. The molecule has 0 radical (unpaired) electrons. The summed E-state index contributed by atoms with van der Waals surface area (Å²) in [6, 6.07) is 19.6. The van der Waals surface area contributed by atoms with Crippen LogP contribution in [0, 0.1) is 70.5 Å². The van der Waals surface area contributed by atoms with E-state index in [0.717, 1.165) is 38.0 Å². The molecule has 0 bridgehead atoms. The molecule has 64 heavy (non-hydrogen) atoms. The Kier molecular flexibility index (Phi) is 8.33. The minimum Gasteiger partial charge on any atom is -0.333 e. The van der Waals surface area contributed by atoms with E-state index in [4.69, 9.17) is 4.99 Å². The number of aliphatic imine (C=N–C) groups is 1. The third kappa shape index (κ3) is 5.47. The lowest BCUT2D eigenvalue weighted by atomic mass is 9.62. The van der Waals surface area contributed by atoms with E-state index in [0.29, 0.717) is 65.2 Å². The number of nitrogens with zero attached hydrogens (tertiary/aromatic N) is 3. The average Bonchev–Trinajstić information content (AvgIpc) is 4.00. The molecule has 2 aromatic carbocycles. The predicted octanol–water partition coefficient (Wildman–Crippen LogP) is 13.7. The Labute approximate surface area is 378 Å². The van der Waals surface area contributed by atoms with Gasteiger partial charge in [-0.3, -0.25) is 4.99 Å². The Morgan fingerprint density at radius 2 is 1.62 bits per heavy atom. The van der Waals surface area contributed by atoms with Crippen molar-refractivity contribution in [3.8, 4) is 6.07 Å². The molecule has 2 fully saturated rings. The van der Waals surface area contributed by atoms with E-state index in [9.17, 15) is 5.26 Å². The first kappa shape index (κ1) is 37.4. The Hall–Kier alpha value is -5.98. The molecule has 2 saturated carbocycles. The zero-order chi connectivity index (χ0) is 42.2. The van der Waals surface area contributed by atoms with Gasteiger partial charge in [-0.1, -0.05) is 151 Å². The highest BCUT2D eigenvalue weighted by Gasteiger charge is 2.60. The molecule has 0 N–H and O–H groups in total. The van der Waals surface area contributed by atoms with Gasteiger partial charge in [0.05, 0.1) is 24.1 Å². The summed E-state index contributed by atoms with van der Waals surface area (Å²) in [6.45, 7) is 2.47. The van der Waals surface area contributed by atoms with Gasteiger partial charge in [0.2, 0.25) is 0 Å². The lowest BCUT2D eigenvalue weighted by molar-refractivity contribution is 0.444. The van der Waals surface area contributed by atoms with E-state index >= 15 is 0 Å². The zero-order valence-electron chi connectivity index (χ0n) is 36.7. The highest BCUT2D eigenvalue weighted by atomic mass is 15.2.